The first kappa shape index (κ1) is 21.6. The van der Waals surface area contributed by atoms with Crippen LogP contribution in [0.15, 0.2) is 29.3 Å². The summed E-state index contributed by atoms with van der Waals surface area (Å²) in [5.74, 6) is 0.601. The minimum atomic E-state index is -0.00317. The van der Waals surface area contributed by atoms with Crippen LogP contribution in [0.4, 0.5) is 0 Å². The van der Waals surface area contributed by atoms with Crippen molar-refractivity contribution < 1.29 is 9.53 Å². The molecule has 130 valence electrons. The lowest BCUT2D eigenvalue weighted by Crippen LogP contribution is -2.43. The standard InChI is InChI=1S/C16H26N4O2.HI/c1-13-5-7-14(8-6-13)11-18-16(17-9-10-22-4)19-12-15(21)20(2)3;/h5-8H,9-12H2,1-4H3,(H2,17,18,19);1H. The third kappa shape index (κ3) is 9.39. The molecule has 6 nitrogen and oxygen atoms in total. The van der Waals surface area contributed by atoms with Crippen molar-refractivity contribution in [1.82, 2.24) is 15.5 Å². The number of aryl methyl sites for hydroxylation is 1. The van der Waals surface area contributed by atoms with Crippen LogP contribution in [0.25, 0.3) is 0 Å². The molecule has 0 aliphatic carbocycles. The summed E-state index contributed by atoms with van der Waals surface area (Å²) < 4.78 is 5.01. The van der Waals surface area contributed by atoms with Crippen molar-refractivity contribution in [3.8, 4) is 0 Å². The number of carbonyl (C=O) groups is 1. The zero-order chi connectivity index (χ0) is 16.4. The highest BCUT2D eigenvalue weighted by molar-refractivity contribution is 14.0. The molecule has 0 saturated carbocycles. The smallest absolute Gasteiger partial charge is 0.241 e. The SMILES string of the molecule is COCCNC(=NCc1ccc(C)cc1)NCC(=O)N(C)C.I. The van der Waals surface area contributed by atoms with Gasteiger partial charge in [0, 0.05) is 27.7 Å². The van der Waals surface area contributed by atoms with Gasteiger partial charge in [-0.2, -0.15) is 0 Å². The first-order valence-electron chi connectivity index (χ1n) is 7.29. The topological polar surface area (TPSA) is 66.0 Å². The van der Waals surface area contributed by atoms with Gasteiger partial charge in [0.25, 0.3) is 0 Å². The molecule has 0 heterocycles. The molecule has 0 spiro atoms. The summed E-state index contributed by atoms with van der Waals surface area (Å²) in [6.45, 7) is 4.02. The number of benzene rings is 1. The first-order valence-corrected chi connectivity index (χ1v) is 7.29. The van der Waals surface area contributed by atoms with E-state index >= 15 is 0 Å². The fraction of sp³-hybridized carbons (Fsp3) is 0.500. The van der Waals surface area contributed by atoms with E-state index in [0.717, 1.165) is 5.56 Å². The minimum Gasteiger partial charge on any atom is -0.383 e. The molecule has 1 rings (SSSR count). The van der Waals surface area contributed by atoms with Crippen LogP contribution in [0, 0.1) is 6.92 Å². The third-order valence-electron chi connectivity index (χ3n) is 3.04. The molecule has 0 bridgehead atoms. The van der Waals surface area contributed by atoms with Crippen LogP contribution in [-0.4, -0.2) is 57.7 Å². The van der Waals surface area contributed by atoms with E-state index in [1.54, 1.807) is 26.1 Å². The van der Waals surface area contributed by atoms with E-state index in [1.807, 2.05) is 0 Å². The molecule has 0 radical (unpaired) electrons. The zero-order valence-electron chi connectivity index (χ0n) is 14.3. The molecule has 0 atom stereocenters. The van der Waals surface area contributed by atoms with Gasteiger partial charge in [-0.25, -0.2) is 4.99 Å². The number of guanidine groups is 1. The molecule has 0 fully saturated rings. The maximum atomic E-state index is 11.6. The first-order chi connectivity index (χ1) is 10.5. The van der Waals surface area contributed by atoms with Gasteiger partial charge in [0.2, 0.25) is 5.91 Å². The van der Waals surface area contributed by atoms with Crippen LogP contribution in [0.1, 0.15) is 11.1 Å². The van der Waals surface area contributed by atoms with Crippen LogP contribution in [0.5, 0.6) is 0 Å². The number of aliphatic imine (C=N–C) groups is 1. The number of hydrogen-bond donors (Lipinski definition) is 2. The van der Waals surface area contributed by atoms with Crippen LogP contribution in [0.3, 0.4) is 0 Å². The van der Waals surface area contributed by atoms with Crippen LogP contribution in [-0.2, 0) is 16.1 Å². The van der Waals surface area contributed by atoms with Gasteiger partial charge in [0.05, 0.1) is 19.7 Å². The van der Waals surface area contributed by atoms with E-state index in [2.05, 4.69) is 46.8 Å². The second-order valence-corrected chi connectivity index (χ2v) is 5.21. The molecule has 1 amide bonds. The van der Waals surface area contributed by atoms with E-state index in [0.29, 0.717) is 25.7 Å². The van der Waals surface area contributed by atoms with Crippen molar-refractivity contribution in [2.24, 2.45) is 4.99 Å². The minimum absolute atomic E-state index is 0. The van der Waals surface area contributed by atoms with E-state index in [4.69, 9.17) is 4.74 Å². The molecule has 0 unspecified atom stereocenters. The summed E-state index contributed by atoms with van der Waals surface area (Å²) >= 11 is 0. The van der Waals surface area contributed by atoms with Gasteiger partial charge in [0.15, 0.2) is 5.96 Å². The molecule has 0 aliphatic heterocycles. The fourth-order valence-corrected chi connectivity index (χ4v) is 1.63. The Morgan fingerprint density at radius 1 is 1.22 bits per heavy atom. The van der Waals surface area contributed by atoms with Gasteiger partial charge in [-0.3, -0.25) is 4.79 Å². The average Bonchev–Trinajstić information content (AvgIpc) is 2.50. The molecule has 1 aromatic carbocycles. The lowest BCUT2D eigenvalue weighted by molar-refractivity contribution is -0.127. The van der Waals surface area contributed by atoms with Crippen molar-refractivity contribution in [3.63, 3.8) is 0 Å². The number of rotatable bonds is 7. The zero-order valence-corrected chi connectivity index (χ0v) is 16.6. The maximum Gasteiger partial charge on any atom is 0.241 e. The monoisotopic (exact) mass is 434 g/mol. The fourth-order valence-electron chi connectivity index (χ4n) is 1.63. The van der Waals surface area contributed by atoms with Gasteiger partial charge in [-0.1, -0.05) is 29.8 Å². The number of hydrogen-bond acceptors (Lipinski definition) is 3. The lowest BCUT2D eigenvalue weighted by atomic mass is 10.1. The molecular weight excluding hydrogens is 407 g/mol. The van der Waals surface area contributed by atoms with Gasteiger partial charge in [0.1, 0.15) is 0 Å². The number of ether oxygens (including phenoxy) is 1. The number of methoxy groups -OCH3 is 1. The highest BCUT2D eigenvalue weighted by Crippen LogP contribution is 2.04. The van der Waals surface area contributed by atoms with Crippen molar-refractivity contribution >= 4 is 35.8 Å². The molecule has 0 aliphatic rings. The number of likely N-dealkylation sites (N-methyl/N-ethyl adjacent to an activating group) is 1. The largest absolute Gasteiger partial charge is 0.383 e. The number of amides is 1. The van der Waals surface area contributed by atoms with Gasteiger partial charge < -0.3 is 20.3 Å². The van der Waals surface area contributed by atoms with E-state index in [1.165, 1.54) is 5.56 Å². The number of nitrogens with zero attached hydrogens (tertiary/aromatic N) is 2. The van der Waals surface area contributed by atoms with Crippen molar-refractivity contribution in [3.05, 3.63) is 35.4 Å². The van der Waals surface area contributed by atoms with Gasteiger partial charge in [-0.15, -0.1) is 24.0 Å². The summed E-state index contributed by atoms with van der Waals surface area (Å²) in [5, 5.41) is 6.17. The summed E-state index contributed by atoms with van der Waals surface area (Å²) in [4.78, 5) is 17.7. The maximum absolute atomic E-state index is 11.6. The lowest BCUT2D eigenvalue weighted by Gasteiger charge is -2.14. The molecule has 0 aromatic heterocycles. The Kier molecular flexibility index (Phi) is 11.4. The number of carbonyl (C=O) groups excluding carboxylic acids is 1. The van der Waals surface area contributed by atoms with Crippen LogP contribution < -0.4 is 10.6 Å². The summed E-state index contributed by atoms with van der Waals surface area (Å²) in [5.41, 5.74) is 2.35. The molecular formula is C16H27IN4O2. The quantitative estimate of drug-likeness (QED) is 0.295. The summed E-state index contributed by atoms with van der Waals surface area (Å²) in [6, 6.07) is 8.23. The number of nitrogens with one attached hydrogen (secondary N) is 2. The summed E-state index contributed by atoms with van der Waals surface area (Å²) in [6.07, 6.45) is 0. The molecule has 2 N–H and O–H groups in total. The second-order valence-electron chi connectivity index (χ2n) is 5.21. The van der Waals surface area contributed by atoms with Gasteiger partial charge in [-0.05, 0) is 12.5 Å². The van der Waals surface area contributed by atoms with E-state index < -0.39 is 0 Å². The summed E-state index contributed by atoms with van der Waals surface area (Å²) in [7, 11) is 5.10. The molecule has 23 heavy (non-hydrogen) atoms. The van der Waals surface area contributed by atoms with Gasteiger partial charge >= 0.3 is 0 Å². The third-order valence-corrected chi connectivity index (χ3v) is 3.04. The molecule has 0 saturated heterocycles. The average molecular weight is 434 g/mol. The highest BCUT2D eigenvalue weighted by atomic mass is 127. The highest BCUT2D eigenvalue weighted by Gasteiger charge is 2.05. The van der Waals surface area contributed by atoms with E-state index in [-0.39, 0.29) is 36.4 Å². The second kappa shape index (κ2) is 12.1. The number of halogens is 1. The Balaban J connectivity index is 0.00000484. The molecule has 1 aromatic rings. The van der Waals surface area contributed by atoms with Crippen LogP contribution >= 0.6 is 24.0 Å². The van der Waals surface area contributed by atoms with Crippen LogP contribution in [0.2, 0.25) is 0 Å². The van der Waals surface area contributed by atoms with Crippen molar-refractivity contribution in [2.45, 2.75) is 13.5 Å². The Labute approximate surface area is 155 Å². The Morgan fingerprint density at radius 2 is 1.87 bits per heavy atom. The molecule has 7 heteroatoms. The van der Waals surface area contributed by atoms with Crippen molar-refractivity contribution in [2.75, 3.05) is 40.9 Å². The predicted octanol–water partition coefficient (Wildman–Crippen LogP) is 1.38. The van der Waals surface area contributed by atoms with E-state index in [9.17, 15) is 4.79 Å². The Bertz CT molecular complexity index is 489. The normalized spacial score (nSPS) is 10.7. The Hall–Kier alpha value is -1.35. The van der Waals surface area contributed by atoms with Crippen molar-refractivity contribution in [1.29, 1.82) is 0 Å². The Morgan fingerprint density at radius 3 is 2.43 bits per heavy atom. The predicted molar refractivity (Wildman–Crippen MR) is 104 cm³/mol.